The van der Waals surface area contributed by atoms with Crippen LogP contribution in [0.2, 0.25) is 0 Å². The first-order valence-electron chi connectivity index (χ1n) is 4.73. The van der Waals surface area contributed by atoms with Gasteiger partial charge in [-0.25, -0.2) is 0 Å². The van der Waals surface area contributed by atoms with Gasteiger partial charge in [0.05, 0.1) is 0 Å². The molecule has 0 heterocycles. The summed E-state index contributed by atoms with van der Waals surface area (Å²) in [6.45, 7) is 4.95. The van der Waals surface area contributed by atoms with E-state index in [1.54, 1.807) is 19.3 Å². The lowest BCUT2D eigenvalue weighted by Crippen LogP contribution is -2.23. The molecule has 3 aliphatic carbocycles. The van der Waals surface area contributed by atoms with Gasteiger partial charge in [-0.1, -0.05) is 20.3 Å². The summed E-state index contributed by atoms with van der Waals surface area (Å²) in [6.07, 6.45) is 4.67. The minimum Gasteiger partial charge on any atom is -0.0593 e. The van der Waals surface area contributed by atoms with Crippen molar-refractivity contribution >= 4 is 0 Å². The van der Waals surface area contributed by atoms with Crippen molar-refractivity contribution in [2.45, 2.75) is 33.1 Å². The first kappa shape index (κ1) is 5.62. The molecule has 3 rings (SSSR count). The van der Waals surface area contributed by atoms with E-state index in [0.717, 1.165) is 5.41 Å². The van der Waals surface area contributed by atoms with Gasteiger partial charge in [-0.2, -0.15) is 0 Å². The second-order valence-electron chi connectivity index (χ2n) is 5.13. The van der Waals surface area contributed by atoms with Crippen molar-refractivity contribution in [1.29, 1.82) is 0 Å². The summed E-state index contributed by atoms with van der Waals surface area (Å²) in [4.78, 5) is 0. The van der Waals surface area contributed by atoms with Gasteiger partial charge in [0.15, 0.2) is 0 Å². The molecule has 0 unspecified atom stereocenters. The molecule has 3 aliphatic rings. The molecule has 0 heteroatoms. The molecular weight excluding hydrogens is 120 g/mol. The van der Waals surface area contributed by atoms with Gasteiger partial charge < -0.3 is 0 Å². The third-order valence-corrected chi connectivity index (χ3v) is 4.54. The van der Waals surface area contributed by atoms with Crippen LogP contribution in [0.15, 0.2) is 0 Å². The number of rotatable bonds is 0. The Morgan fingerprint density at radius 1 is 1.00 bits per heavy atom. The summed E-state index contributed by atoms with van der Waals surface area (Å²) in [7, 11) is 0. The fourth-order valence-electron chi connectivity index (χ4n) is 4.12. The predicted molar refractivity (Wildman–Crippen MR) is 41.6 cm³/mol. The Hall–Kier alpha value is 0. The van der Waals surface area contributed by atoms with Crippen LogP contribution in [0.25, 0.3) is 0 Å². The molecule has 0 radical (unpaired) electrons. The van der Waals surface area contributed by atoms with Crippen molar-refractivity contribution in [1.82, 2.24) is 0 Å². The molecule has 0 saturated heterocycles. The van der Waals surface area contributed by atoms with Crippen molar-refractivity contribution in [3.05, 3.63) is 0 Å². The molecule has 10 heavy (non-hydrogen) atoms. The Labute approximate surface area is 63.0 Å². The minimum atomic E-state index is 0.774. The highest BCUT2D eigenvalue weighted by Crippen LogP contribution is 2.79. The van der Waals surface area contributed by atoms with Gasteiger partial charge in [-0.05, 0) is 41.9 Å². The van der Waals surface area contributed by atoms with Crippen LogP contribution in [0.1, 0.15) is 33.1 Å². The van der Waals surface area contributed by atoms with Gasteiger partial charge in [-0.3, -0.25) is 0 Å². The summed E-state index contributed by atoms with van der Waals surface area (Å²) in [5.41, 5.74) is 0.774. The van der Waals surface area contributed by atoms with Crippen molar-refractivity contribution in [3.63, 3.8) is 0 Å². The van der Waals surface area contributed by atoms with E-state index in [1.807, 2.05) is 0 Å². The molecule has 0 amide bonds. The quantitative estimate of drug-likeness (QED) is 0.480. The maximum absolute atomic E-state index is 2.47. The Kier molecular flexibility index (Phi) is 0.735. The maximum atomic E-state index is 2.47. The molecule has 0 bridgehead atoms. The molecular formula is C10H16. The first-order chi connectivity index (χ1) is 4.73. The minimum absolute atomic E-state index is 0.774. The lowest BCUT2D eigenvalue weighted by Gasteiger charge is -2.28. The van der Waals surface area contributed by atoms with Crippen molar-refractivity contribution in [3.8, 4) is 0 Å². The van der Waals surface area contributed by atoms with Gasteiger partial charge in [0.1, 0.15) is 0 Å². The van der Waals surface area contributed by atoms with Crippen LogP contribution in [-0.4, -0.2) is 0 Å². The van der Waals surface area contributed by atoms with E-state index in [2.05, 4.69) is 13.8 Å². The number of hydrogen-bond acceptors (Lipinski definition) is 0. The zero-order valence-corrected chi connectivity index (χ0v) is 6.93. The average Bonchev–Trinajstić information content (AvgIpc) is 2.16. The van der Waals surface area contributed by atoms with Crippen LogP contribution in [0.4, 0.5) is 0 Å². The fourth-order valence-corrected chi connectivity index (χ4v) is 4.12. The third-order valence-electron chi connectivity index (χ3n) is 4.54. The van der Waals surface area contributed by atoms with E-state index in [1.165, 1.54) is 23.7 Å². The Morgan fingerprint density at radius 2 is 1.50 bits per heavy atom. The van der Waals surface area contributed by atoms with Gasteiger partial charge in [0, 0.05) is 0 Å². The van der Waals surface area contributed by atoms with E-state index in [0.29, 0.717) is 0 Å². The Balaban J connectivity index is 1.89. The predicted octanol–water partition coefficient (Wildman–Crippen LogP) is 2.69. The number of fused-ring (bicyclic) bond motifs is 4. The van der Waals surface area contributed by atoms with Gasteiger partial charge >= 0.3 is 0 Å². The Morgan fingerprint density at radius 3 is 2.00 bits per heavy atom. The van der Waals surface area contributed by atoms with E-state index < -0.39 is 0 Å². The maximum Gasteiger partial charge on any atom is -0.0286 e. The van der Waals surface area contributed by atoms with Gasteiger partial charge in [0.25, 0.3) is 0 Å². The molecule has 0 nitrogen and oxygen atoms in total. The largest absolute Gasteiger partial charge is 0.0593 e. The second kappa shape index (κ2) is 1.31. The molecule has 56 valence electrons. The lowest BCUT2D eigenvalue weighted by molar-refractivity contribution is 0.195. The van der Waals surface area contributed by atoms with Crippen LogP contribution in [0, 0.1) is 29.1 Å². The van der Waals surface area contributed by atoms with Crippen LogP contribution in [-0.2, 0) is 0 Å². The zero-order valence-electron chi connectivity index (χ0n) is 6.93. The van der Waals surface area contributed by atoms with E-state index in [9.17, 15) is 0 Å². The normalized spacial score (nSPS) is 60.6. The first-order valence-corrected chi connectivity index (χ1v) is 4.73. The highest BCUT2D eigenvalue weighted by atomic mass is 14.8. The molecule has 0 aromatic heterocycles. The second-order valence-corrected chi connectivity index (χ2v) is 5.13. The molecule has 0 aliphatic heterocycles. The van der Waals surface area contributed by atoms with Crippen molar-refractivity contribution in [2.75, 3.05) is 0 Å². The molecule has 0 spiro atoms. The molecule has 0 N–H and O–H groups in total. The summed E-state index contributed by atoms with van der Waals surface area (Å²) in [6, 6.07) is 0. The summed E-state index contributed by atoms with van der Waals surface area (Å²) in [5.74, 6) is 4.69. The van der Waals surface area contributed by atoms with E-state index in [4.69, 9.17) is 0 Å². The number of hydrogen-bond donors (Lipinski definition) is 0. The molecule has 0 aromatic rings. The summed E-state index contributed by atoms with van der Waals surface area (Å²) >= 11 is 0. The van der Waals surface area contributed by atoms with E-state index >= 15 is 0 Å². The average molecular weight is 136 g/mol. The Bertz CT molecular complexity index is 150. The molecule has 4 atom stereocenters. The summed E-state index contributed by atoms with van der Waals surface area (Å²) < 4.78 is 0. The van der Waals surface area contributed by atoms with Crippen LogP contribution in [0.3, 0.4) is 0 Å². The smallest absolute Gasteiger partial charge is 0.0286 e. The highest BCUT2D eigenvalue weighted by molar-refractivity contribution is 5.21. The van der Waals surface area contributed by atoms with Crippen molar-refractivity contribution < 1.29 is 0 Å². The van der Waals surface area contributed by atoms with Crippen molar-refractivity contribution in [2.24, 2.45) is 29.1 Å². The third kappa shape index (κ3) is 0.383. The fraction of sp³-hybridized carbons (Fsp3) is 1.00. The zero-order chi connectivity index (χ0) is 6.93. The van der Waals surface area contributed by atoms with Gasteiger partial charge in [-0.15, -0.1) is 0 Å². The lowest BCUT2D eigenvalue weighted by atomic mass is 9.77. The molecule has 3 saturated carbocycles. The standard InChI is InChI=1S/C10H16/c1-10(2)8-6-4-3-5-7(6)9(8)10/h6-9H,3-5H2,1-2H3/t6-,7+,8+,9-. The molecule has 0 aromatic carbocycles. The SMILES string of the molecule is CC1(C)[C@@H]2[C@H]3CCC[C@H]3[C@@H]21. The molecule has 3 fully saturated rings. The van der Waals surface area contributed by atoms with Crippen LogP contribution >= 0.6 is 0 Å². The van der Waals surface area contributed by atoms with Crippen LogP contribution < -0.4 is 0 Å². The van der Waals surface area contributed by atoms with Gasteiger partial charge in [0.2, 0.25) is 0 Å². The monoisotopic (exact) mass is 136 g/mol. The van der Waals surface area contributed by atoms with E-state index in [-0.39, 0.29) is 0 Å². The highest BCUT2D eigenvalue weighted by Gasteiger charge is 2.74. The topological polar surface area (TPSA) is 0 Å². The summed E-state index contributed by atoms with van der Waals surface area (Å²) in [5, 5.41) is 0. The van der Waals surface area contributed by atoms with Crippen LogP contribution in [0.5, 0.6) is 0 Å².